The molecule has 0 radical (unpaired) electrons. The largest absolute Gasteiger partial charge is 0.484 e. The normalized spacial score (nSPS) is 17.7. The summed E-state index contributed by atoms with van der Waals surface area (Å²) in [4.78, 5) is 25.5. The van der Waals surface area contributed by atoms with Crippen LogP contribution in [-0.4, -0.2) is 43.6 Å². The third kappa shape index (κ3) is 4.98. The first kappa shape index (κ1) is 17.3. The fourth-order valence-electron chi connectivity index (χ4n) is 2.84. The highest BCUT2D eigenvalue weighted by Crippen LogP contribution is 2.18. The standard InChI is InChI=1S/C18H25NO4/c1-3-5-14-7-9-16(10-8-14)23-13-17(20)19-11-4-6-15(12-19)18(21)22-2/h7-10,15H,3-6,11-13H2,1-2H3. The lowest BCUT2D eigenvalue weighted by Gasteiger charge is -2.31. The van der Waals surface area contributed by atoms with Crippen LogP contribution in [0.25, 0.3) is 0 Å². The number of piperidine rings is 1. The van der Waals surface area contributed by atoms with Gasteiger partial charge in [0.2, 0.25) is 0 Å². The first-order valence-electron chi connectivity index (χ1n) is 8.21. The van der Waals surface area contributed by atoms with Crippen molar-refractivity contribution in [2.75, 3.05) is 26.8 Å². The van der Waals surface area contributed by atoms with Gasteiger partial charge in [-0.3, -0.25) is 9.59 Å². The number of hydrogen-bond donors (Lipinski definition) is 0. The number of carbonyl (C=O) groups is 2. The second-order valence-electron chi connectivity index (χ2n) is 5.88. The van der Waals surface area contributed by atoms with E-state index < -0.39 is 0 Å². The van der Waals surface area contributed by atoms with Gasteiger partial charge in [-0.25, -0.2) is 0 Å². The Balaban J connectivity index is 1.83. The molecule has 126 valence electrons. The van der Waals surface area contributed by atoms with Gasteiger partial charge in [-0.1, -0.05) is 25.5 Å². The number of carbonyl (C=O) groups excluding carboxylic acids is 2. The molecule has 0 saturated carbocycles. The molecule has 0 aromatic heterocycles. The molecule has 1 heterocycles. The lowest BCUT2D eigenvalue weighted by molar-refractivity contribution is -0.149. The molecule has 1 fully saturated rings. The first-order valence-corrected chi connectivity index (χ1v) is 8.21. The van der Waals surface area contributed by atoms with Crippen molar-refractivity contribution in [3.8, 4) is 5.75 Å². The molecule has 23 heavy (non-hydrogen) atoms. The molecule has 0 N–H and O–H groups in total. The van der Waals surface area contributed by atoms with Gasteiger partial charge in [0.15, 0.2) is 6.61 Å². The highest BCUT2D eigenvalue weighted by atomic mass is 16.5. The highest BCUT2D eigenvalue weighted by molar-refractivity contribution is 5.79. The van der Waals surface area contributed by atoms with E-state index in [1.54, 1.807) is 4.90 Å². The van der Waals surface area contributed by atoms with E-state index in [0.29, 0.717) is 18.8 Å². The second-order valence-corrected chi connectivity index (χ2v) is 5.88. The average Bonchev–Trinajstić information content (AvgIpc) is 2.60. The van der Waals surface area contributed by atoms with Crippen molar-refractivity contribution in [2.24, 2.45) is 5.92 Å². The summed E-state index contributed by atoms with van der Waals surface area (Å²) in [6.07, 6.45) is 3.74. The van der Waals surface area contributed by atoms with Gasteiger partial charge in [0.25, 0.3) is 5.91 Å². The first-order chi connectivity index (χ1) is 11.1. The molecule has 1 atom stereocenters. The molecule has 1 aromatic carbocycles. The van der Waals surface area contributed by atoms with Crippen LogP contribution in [-0.2, 0) is 20.7 Å². The van der Waals surface area contributed by atoms with Crippen molar-refractivity contribution in [1.29, 1.82) is 0 Å². The lowest BCUT2D eigenvalue weighted by Crippen LogP contribution is -2.44. The van der Waals surface area contributed by atoms with Crippen molar-refractivity contribution >= 4 is 11.9 Å². The number of benzene rings is 1. The Labute approximate surface area is 137 Å². The molecule has 1 aliphatic heterocycles. The van der Waals surface area contributed by atoms with Gasteiger partial charge in [-0.2, -0.15) is 0 Å². The predicted molar refractivity (Wildman–Crippen MR) is 87.3 cm³/mol. The van der Waals surface area contributed by atoms with Gasteiger partial charge in [-0.15, -0.1) is 0 Å². The number of esters is 1. The van der Waals surface area contributed by atoms with Gasteiger partial charge in [0, 0.05) is 13.1 Å². The maximum absolute atomic E-state index is 12.2. The van der Waals surface area contributed by atoms with Crippen LogP contribution < -0.4 is 4.74 Å². The van der Waals surface area contributed by atoms with Crippen LogP contribution in [0.4, 0.5) is 0 Å². The number of amides is 1. The molecule has 1 aliphatic rings. The van der Waals surface area contributed by atoms with Crippen LogP contribution in [0.5, 0.6) is 5.75 Å². The Bertz CT molecular complexity index is 526. The summed E-state index contributed by atoms with van der Waals surface area (Å²) in [5.74, 6) is 0.150. The molecular formula is C18H25NO4. The van der Waals surface area contributed by atoms with E-state index in [9.17, 15) is 9.59 Å². The predicted octanol–water partition coefficient (Wildman–Crippen LogP) is 2.43. The zero-order valence-corrected chi connectivity index (χ0v) is 13.9. The Kier molecular flexibility index (Phi) is 6.44. The van der Waals surface area contributed by atoms with Crippen molar-refractivity contribution in [3.63, 3.8) is 0 Å². The van der Waals surface area contributed by atoms with Crippen LogP contribution in [0.1, 0.15) is 31.7 Å². The van der Waals surface area contributed by atoms with Crippen LogP contribution in [0, 0.1) is 5.92 Å². The minimum absolute atomic E-state index is 0.00101. The summed E-state index contributed by atoms with van der Waals surface area (Å²) < 4.78 is 10.3. The molecule has 1 unspecified atom stereocenters. The number of methoxy groups -OCH3 is 1. The second kappa shape index (κ2) is 8.56. The SMILES string of the molecule is CCCc1ccc(OCC(=O)N2CCCC(C(=O)OC)C2)cc1. The Hall–Kier alpha value is -2.04. The summed E-state index contributed by atoms with van der Waals surface area (Å²) in [6.45, 7) is 3.24. The third-order valence-electron chi connectivity index (χ3n) is 4.13. The molecule has 1 saturated heterocycles. The lowest BCUT2D eigenvalue weighted by atomic mass is 9.98. The molecule has 0 spiro atoms. The topological polar surface area (TPSA) is 55.8 Å². The zero-order chi connectivity index (χ0) is 16.7. The Morgan fingerprint density at radius 1 is 1.26 bits per heavy atom. The monoisotopic (exact) mass is 319 g/mol. The van der Waals surface area contributed by atoms with E-state index in [0.717, 1.165) is 25.7 Å². The van der Waals surface area contributed by atoms with E-state index in [1.165, 1.54) is 12.7 Å². The van der Waals surface area contributed by atoms with Crippen molar-refractivity contribution in [1.82, 2.24) is 4.90 Å². The minimum atomic E-state index is -0.241. The maximum Gasteiger partial charge on any atom is 0.310 e. The summed E-state index contributed by atoms with van der Waals surface area (Å²) >= 11 is 0. The number of aryl methyl sites for hydroxylation is 1. The third-order valence-corrected chi connectivity index (χ3v) is 4.13. The average molecular weight is 319 g/mol. The van der Waals surface area contributed by atoms with Gasteiger partial charge < -0.3 is 14.4 Å². The Morgan fingerprint density at radius 2 is 2.00 bits per heavy atom. The molecule has 1 amide bonds. The molecule has 2 rings (SSSR count). The van der Waals surface area contributed by atoms with Gasteiger partial charge >= 0.3 is 5.97 Å². The van der Waals surface area contributed by atoms with Gasteiger partial charge in [0.1, 0.15) is 5.75 Å². The van der Waals surface area contributed by atoms with E-state index in [4.69, 9.17) is 9.47 Å². The fourth-order valence-corrected chi connectivity index (χ4v) is 2.84. The molecule has 1 aromatic rings. The molecular weight excluding hydrogens is 294 g/mol. The Morgan fingerprint density at radius 3 is 2.65 bits per heavy atom. The summed E-state index contributed by atoms with van der Waals surface area (Å²) in [6, 6.07) is 7.84. The molecule has 0 aliphatic carbocycles. The van der Waals surface area contributed by atoms with E-state index in [2.05, 4.69) is 6.92 Å². The molecule has 5 nitrogen and oxygen atoms in total. The number of hydrogen-bond acceptors (Lipinski definition) is 4. The van der Waals surface area contributed by atoms with Crippen molar-refractivity contribution < 1.29 is 19.1 Å². The molecule has 5 heteroatoms. The summed E-state index contributed by atoms with van der Waals surface area (Å²) in [5.41, 5.74) is 1.27. The maximum atomic E-state index is 12.2. The van der Waals surface area contributed by atoms with Crippen LogP contribution >= 0.6 is 0 Å². The van der Waals surface area contributed by atoms with Gasteiger partial charge in [-0.05, 0) is 37.0 Å². The van der Waals surface area contributed by atoms with Crippen LogP contribution in [0.15, 0.2) is 24.3 Å². The fraction of sp³-hybridized carbons (Fsp3) is 0.556. The van der Waals surface area contributed by atoms with Crippen molar-refractivity contribution in [3.05, 3.63) is 29.8 Å². The number of rotatable bonds is 6. The number of ether oxygens (including phenoxy) is 2. The van der Waals surface area contributed by atoms with Crippen LogP contribution in [0.2, 0.25) is 0 Å². The van der Waals surface area contributed by atoms with E-state index in [-0.39, 0.29) is 24.4 Å². The molecule has 0 bridgehead atoms. The smallest absolute Gasteiger partial charge is 0.310 e. The van der Waals surface area contributed by atoms with Crippen molar-refractivity contribution in [2.45, 2.75) is 32.6 Å². The van der Waals surface area contributed by atoms with E-state index in [1.807, 2.05) is 24.3 Å². The number of likely N-dealkylation sites (tertiary alicyclic amines) is 1. The van der Waals surface area contributed by atoms with E-state index >= 15 is 0 Å². The van der Waals surface area contributed by atoms with Crippen LogP contribution in [0.3, 0.4) is 0 Å². The zero-order valence-electron chi connectivity index (χ0n) is 13.9. The highest BCUT2D eigenvalue weighted by Gasteiger charge is 2.29. The quantitative estimate of drug-likeness (QED) is 0.756. The van der Waals surface area contributed by atoms with Gasteiger partial charge in [0.05, 0.1) is 13.0 Å². The summed E-state index contributed by atoms with van der Waals surface area (Å²) in [5, 5.41) is 0. The summed E-state index contributed by atoms with van der Waals surface area (Å²) in [7, 11) is 1.38. The number of nitrogens with zero attached hydrogens (tertiary/aromatic N) is 1. The minimum Gasteiger partial charge on any atom is -0.484 e.